The SMILES string of the molecule is CCOc1ccccc1-n1nnnc1SCC(=O)N(C1CCCCC1)C1CCCCC1. The third-order valence-electron chi connectivity index (χ3n) is 6.38. The summed E-state index contributed by atoms with van der Waals surface area (Å²) in [4.78, 5) is 15.7. The summed E-state index contributed by atoms with van der Waals surface area (Å²) in [6, 6.07) is 8.52. The van der Waals surface area contributed by atoms with Crippen molar-refractivity contribution in [2.24, 2.45) is 0 Å². The zero-order valence-electron chi connectivity index (χ0n) is 18.4. The molecule has 2 aliphatic carbocycles. The molecule has 2 fully saturated rings. The van der Waals surface area contributed by atoms with Crippen molar-refractivity contribution in [3.63, 3.8) is 0 Å². The van der Waals surface area contributed by atoms with Crippen LogP contribution in [0, 0.1) is 0 Å². The third kappa shape index (κ3) is 5.40. The number of carbonyl (C=O) groups excluding carboxylic acids is 1. The molecule has 168 valence electrons. The predicted octanol–water partition coefficient (Wildman–Crippen LogP) is 4.65. The molecule has 0 N–H and O–H groups in total. The normalized spacial score (nSPS) is 18.1. The number of carbonyl (C=O) groups is 1. The van der Waals surface area contributed by atoms with Crippen LogP contribution in [0.1, 0.15) is 71.1 Å². The summed E-state index contributed by atoms with van der Waals surface area (Å²) >= 11 is 1.42. The molecule has 2 aliphatic rings. The van der Waals surface area contributed by atoms with E-state index in [-0.39, 0.29) is 5.91 Å². The monoisotopic (exact) mass is 443 g/mol. The predicted molar refractivity (Wildman–Crippen MR) is 122 cm³/mol. The summed E-state index contributed by atoms with van der Waals surface area (Å²) < 4.78 is 7.41. The Bertz CT molecular complexity index is 828. The second kappa shape index (κ2) is 11.0. The van der Waals surface area contributed by atoms with E-state index in [1.165, 1.54) is 50.3 Å². The van der Waals surface area contributed by atoms with Crippen LogP contribution in [-0.2, 0) is 4.79 Å². The fourth-order valence-electron chi connectivity index (χ4n) is 4.95. The first-order valence-corrected chi connectivity index (χ1v) is 12.7. The van der Waals surface area contributed by atoms with Gasteiger partial charge in [-0.15, -0.1) is 5.10 Å². The highest BCUT2D eigenvalue weighted by Crippen LogP contribution is 2.32. The Labute approximate surface area is 188 Å². The van der Waals surface area contributed by atoms with Gasteiger partial charge in [-0.05, 0) is 55.2 Å². The molecule has 1 amide bonds. The maximum absolute atomic E-state index is 13.5. The van der Waals surface area contributed by atoms with Gasteiger partial charge < -0.3 is 9.64 Å². The Balaban J connectivity index is 1.48. The first-order chi connectivity index (χ1) is 15.3. The minimum atomic E-state index is 0.233. The van der Waals surface area contributed by atoms with Gasteiger partial charge in [-0.1, -0.05) is 62.4 Å². The van der Waals surface area contributed by atoms with E-state index in [0.29, 0.717) is 29.6 Å². The minimum Gasteiger partial charge on any atom is -0.492 e. The lowest BCUT2D eigenvalue weighted by atomic mass is 9.88. The van der Waals surface area contributed by atoms with E-state index in [0.717, 1.165) is 37.1 Å². The van der Waals surface area contributed by atoms with Crippen molar-refractivity contribution in [3.8, 4) is 11.4 Å². The molecule has 0 unspecified atom stereocenters. The van der Waals surface area contributed by atoms with Gasteiger partial charge >= 0.3 is 0 Å². The summed E-state index contributed by atoms with van der Waals surface area (Å²) in [5.74, 6) is 1.33. The first kappa shape index (κ1) is 22.1. The van der Waals surface area contributed by atoms with Crippen LogP contribution >= 0.6 is 11.8 Å². The van der Waals surface area contributed by atoms with Crippen molar-refractivity contribution in [1.82, 2.24) is 25.1 Å². The van der Waals surface area contributed by atoms with Gasteiger partial charge in [0.1, 0.15) is 11.4 Å². The molecule has 0 aliphatic heterocycles. The maximum Gasteiger partial charge on any atom is 0.233 e. The number of amides is 1. The molecule has 1 heterocycles. The smallest absolute Gasteiger partial charge is 0.233 e. The fraction of sp³-hybridized carbons (Fsp3) is 0.652. The van der Waals surface area contributed by atoms with Gasteiger partial charge in [0.2, 0.25) is 11.1 Å². The van der Waals surface area contributed by atoms with Crippen molar-refractivity contribution < 1.29 is 9.53 Å². The van der Waals surface area contributed by atoms with E-state index in [4.69, 9.17) is 4.74 Å². The number of rotatable bonds is 8. The highest BCUT2D eigenvalue weighted by molar-refractivity contribution is 7.99. The lowest BCUT2D eigenvalue weighted by molar-refractivity contribution is -0.135. The second-order valence-electron chi connectivity index (χ2n) is 8.45. The van der Waals surface area contributed by atoms with Crippen LogP contribution in [0.15, 0.2) is 29.4 Å². The van der Waals surface area contributed by atoms with Gasteiger partial charge in [0.05, 0.1) is 12.4 Å². The molecule has 2 aromatic rings. The Morgan fingerprint density at radius 1 is 1.06 bits per heavy atom. The number of tetrazole rings is 1. The van der Waals surface area contributed by atoms with Gasteiger partial charge in [0, 0.05) is 12.1 Å². The van der Waals surface area contributed by atoms with Crippen LogP contribution < -0.4 is 4.74 Å². The van der Waals surface area contributed by atoms with E-state index in [2.05, 4.69) is 20.4 Å². The van der Waals surface area contributed by atoms with E-state index >= 15 is 0 Å². The van der Waals surface area contributed by atoms with Crippen molar-refractivity contribution in [2.45, 2.75) is 88.4 Å². The molecule has 0 bridgehead atoms. The average Bonchev–Trinajstić information content (AvgIpc) is 3.28. The molecule has 4 rings (SSSR count). The molecule has 8 heteroatoms. The van der Waals surface area contributed by atoms with Crippen molar-refractivity contribution in [3.05, 3.63) is 24.3 Å². The van der Waals surface area contributed by atoms with Gasteiger partial charge in [-0.2, -0.15) is 4.68 Å². The number of ether oxygens (including phenoxy) is 1. The Hall–Kier alpha value is -2.09. The Morgan fingerprint density at radius 2 is 1.71 bits per heavy atom. The molecule has 0 radical (unpaired) electrons. The van der Waals surface area contributed by atoms with Gasteiger partial charge in [0.15, 0.2) is 0 Å². The largest absolute Gasteiger partial charge is 0.492 e. The summed E-state index contributed by atoms with van der Waals surface area (Å²) in [6.07, 6.45) is 12.1. The second-order valence-corrected chi connectivity index (χ2v) is 9.39. The highest BCUT2D eigenvalue weighted by atomic mass is 32.2. The first-order valence-electron chi connectivity index (χ1n) is 11.7. The molecule has 31 heavy (non-hydrogen) atoms. The number of para-hydroxylation sites is 2. The molecule has 0 spiro atoms. The number of benzene rings is 1. The number of hydrogen-bond donors (Lipinski definition) is 0. The van der Waals surface area contributed by atoms with Gasteiger partial charge in [-0.25, -0.2) is 0 Å². The van der Waals surface area contributed by atoms with Crippen LogP contribution in [0.5, 0.6) is 5.75 Å². The van der Waals surface area contributed by atoms with E-state index in [1.807, 2.05) is 31.2 Å². The minimum absolute atomic E-state index is 0.233. The zero-order valence-corrected chi connectivity index (χ0v) is 19.2. The third-order valence-corrected chi connectivity index (χ3v) is 7.29. The van der Waals surface area contributed by atoms with Crippen LogP contribution in [0.3, 0.4) is 0 Å². The summed E-state index contributed by atoms with van der Waals surface area (Å²) in [5, 5.41) is 12.8. The quantitative estimate of drug-likeness (QED) is 0.553. The van der Waals surface area contributed by atoms with Crippen molar-refractivity contribution in [1.29, 1.82) is 0 Å². The molecular weight excluding hydrogens is 410 g/mol. The number of nitrogens with zero attached hydrogens (tertiary/aromatic N) is 5. The molecule has 7 nitrogen and oxygen atoms in total. The number of aromatic nitrogens is 4. The molecule has 0 atom stereocenters. The van der Waals surface area contributed by atoms with Gasteiger partial charge in [0.25, 0.3) is 0 Å². The maximum atomic E-state index is 13.5. The lowest BCUT2D eigenvalue weighted by Crippen LogP contribution is -2.49. The van der Waals surface area contributed by atoms with Crippen LogP contribution in [0.2, 0.25) is 0 Å². The topological polar surface area (TPSA) is 73.1 Å². The van der Waals surface area contributed by atoms with Gasteiger partial charge in [-0.3, -0.25) is 4.79 Å². The Kier molecular flexibility index (Phi) is 7.83. The molecular formula is C23H33N5O2S. The summed E-state index contributed by atoms with van der Waals surface area (Å²) in [5.41, 5.74) is 0.792. The number of hydrogen-bond acceptors (Lipinski definition) is 6. The molecule has 1 aromatic heterocycles. The number of thioether (sulfide) groups is 1. The van der Waals surface area contributed by atoms with E-state index in [9.17, 15) is 4.79 Å². The van der Waals surface area contributed by atoms with Crippen LogP contribution in [0.4, 0.5) is 0 Å². The van der Waals surface area contributed by atoms with Crippen LogP contribution in [0.25, 0.3) is 5.69 Å². The molecule has 1 aromatic carbocycles. The van der Waals surface area contributed by atoms with Crippen molar-refractivity contribution in [2.75, 3.05) is 12.4 Å². The summed E-state index contributed by atoms with van der Waals surface area (Å²) in [7, 11) is 0. The van der Waals surface area contributed by atoms with Crippen molar-refractivity contribution >= 4 is 17.7 Å². The fourth-order valence-corrected chi connectivity index (χ4v) is 5.71. The van der Waals surface area contributed by atoms with E-state index in [1.54, 1.807) is 4.68 Å². The van der Waals surface area contributed by atoms with Crippen LogP contribution in [-0.4, -0.2) is 55.5 Å². The zero-order chi connectivity index (χ0) is 21.5. The summed E-state index contributed by atoms with van der Waals surface area (Å²) in [6.45, 7) is 2.52. The Morgan fingerprint density at radius 3 is 2.35 bits per heavy atom. The molecule has 2 saturated carbocycles. The molecule has 0 saturated heterocycles. The lowest BCUT2D eigenvalue weighted by Gasteiger charge is -2.41. The standard InChI is InChI=1S/C23H33N5O2S/c1-2-30-21-16-10-9-15-20(21)28-23(24-25-26-28)31-17-22(29)27(18-11-5-3-6-12-18)19-13-7-4-8-14-19/h9-10,15-16,18-19H,2-8,11-14,17H2,1H3. The highest BCUT2D eigenvalue weighted by Gasteiger charge is 2.32. The van der Waals surface area contributed by atoms with E-state index < -0.39 is 0 Å². The average molecular weight is 444 g/mol.